The van der Waals surface area contributed by atoms with Crippen LogP contribution in [0.5, 0.6) is 0 Å². The van der Waals surface area contributed by atoms with Crippen LogP contribution in [0, 0.1) is 5.41 Å². The third-order valence-electron chi connectivity index (χ3n) is 3.56. The highest BCUT2D eigenvalue weighted by Crippen LogP contribution is 2.28. The fourth-order valence-corrected chi connectivity index (χ4v) is 2.20. The maximum atomic E-state index is 5.40. The lowest BCUT2D eigenvalue weighted by molar-refractivity contribution is 0.0241. The Labute approximate surface area is 100 Å². The summed E-state index contributed by atoms with van der Waals surface area (Å²) in [7, 11) is 0. The zero-order chi connectivity index (χ0) is 11.9. The van der Waals surface area contributed by atoms with Crippen LogP contribution in [-0.4, -0.2) is 38.9 Å². The molecule has 1 fully saturated rings. The molecule has 3 heteroatoms. The number of hydrogen-bond acceptors (Lipinski definition) is 3. The molecule has 1 aliphatic heterocycles. The van der Waals surface area contributed by atoms with Crippen molar-refractivity contribution in [3.05, 3.63) is 0 Å². The zero-order valence-corrected chi connectivity index (χ0v) is 11.1. The molecule has 1 heterocycles. The molecule has 0 spiro atoms. The van der Waals surface area contributed by atoms with E-state index in [2.05, 4.69) is 31.4 Å². The van der Waals surface area contributed by atoms with Crippen molar-refractivity contribution in [1.29, 1.82) is 0 Å². The lowest BCUT2D eigenvalue weighted by atomic mass is 9.82. The number of hydrogen-bond donors (Lipinski definition) is 2. The topological polar surface area (TPSA) is 33.3 Å². The van der Waals surface area contributed by atoms with Crippen molar-refractivity contribution in [2.45, 2.75) is 46.1 Å². The molecule has 0 bridgehead atoms. The molecule has 0 aromatic heterocycles. The largest absolute Gasteiger partial charge is 0.381 e. The molecule has 0 saturated carbocycles. The maximum absolute atomic E-state index is 5.40. The Morgan fingerprint density at radius 2 is 2.00 bits per heavy atom. The minimum Gasteiger partial charge on any atom is -0.381 e. The van der Waals surface area contributed by atoms with Gasteiger partial charge in [0.2, 0.25) is 0 Å². The number of nitrogens with one attached hydrogen (secondary N) is 2. The molecule has 1 aliphatic rings. The van der Waals surface area contributed by atoms with E-state index in [0.717, 1.165) is 32.8 Å². The molecule has 1 atom stereocenters. The summed E-state index contributed by atoms with van der Waals surface area (Å²) in [5.74, 6) is 0. The Balaban J connectivity index is 2.05. The first-order chi connectivity index (χ1) is 7.66. The Morgan fingerprint density at radius 3 is 2.62 bits per heavy atom. The van der Waals surface area contributed by atoms with Gasteiger partial charge in [-0.15, -0.1) is 0 Å². The van der Waals surface area contributed by atoms with Crippen molar-refractivity contribution in [2.24, 2.45) is 5.41 Å². The number of rotatable bonds is 7. The van der Waals surface area contributed by atoms with Gasteiger partial charge in [0.25, 0.3) is 0 Å². The molecule has 0 aromatic carbocycles. The van der Waals surface area contributed by atoms with Crippen LogP contribution < -0.4 is 10.6 Å². The monoisotopic (exact) mass is 228 g/mol. The molecule has 16 heavy (non-hydrogen) atoms. The van der Waals surface area contributed by atoms with Gasteiger partial charge in [-0.3, -0.25) is 0 Å². The highest BCUT2D eigenvalue weighted by atomic mass is 16.5. The quantitative estimate of drug-likeness (QED) is 0.652. The third-order valence-corrected chi connectivity index (χ3v) is 3.56. The fraction of sp³-hybridized carbons (Fsp3) is 1.00. The van der Waals surface area contributed by atoms with Gasteiger partial charge in [-0.05, 0) is 44.7 Å². The molecule has 2 N–H and O–H groups in total. The first kappa shape index (κ1) is 13.9. The van der Waals surface area contributed by atoms with E-state index >= 15 is 0 Å². The van der Waals surface area contributed by atoms with Crippen LogP contribution in [0.2, 0.25) is 0 Å². The summed E-state index contributed by atoms with van der Waals surface area (Å²) in [5, 5.41) is 7.02. The average Bonchev–Trinajstić information content (AvgIpc) is 2.26. The highest BCUT2D eigenvalue weighted by Gasteiger charge is 2.26. The van der Waals surface area contributed by atoms with Crippen LogP contribution in [0.4, 0.5) is 0 Å². The van der Waals surface area contributed by atoms with Crippen molar-refractivity contribution < 1.29 is 4.74 Å². The highest BCUT2D eigenvalue weighted by molar-refractivity contribution is 4.79. The van der Waals surface area contributed by atoms with E-state index < -0.39 is 0 Å². The van der Waals surface area contributed by atoms with Crippen LogP contribution in [0.25, 0.3) is 0 Å². The second kappa shape index (κ2) is 7.25. The lowest BCUT2D eigenvalue weighted by Gasteiger charge is -2.33. The van der Waals surface area contributed by atoms with E-state index in [1.165, 1.54) is 19.3 Å². The summed E-state index contributed by atoms with van der Waals surface area (Å²) in [6, 6.07) is 0.625. The molecule has 3 nitrogen and oxygen atoms in total. The van der Waals surface area contributed by atoms with Crippen molar-refractivity contribution in [2.75, 3.05) is 32.8 Å². The van der Waals surface area contributed by atoms with Gasteiger partial charge in [-0.2, -0.15) is 0 Å². The first-order valence-corrected chi connectivity index (χ1v) is 6.68. The molecule has 0 aliphatic carbocycles. The van der Waals surface area contributed by atoms with Crippen LogP contribution in [0.15, 0.2) is 0 Å². The molecule has 0 aromatic rings. The van der Waals surface area contributed by atoms with E-state index in [0.29, 0.717) is 11.5 Å². The summed E-state index contributed by atoms with van der Waals surface area (Å²) in [5.41, 5.74) is 0.458. The minimum atomic E-state index is 0.458. The van der Waals surface area contributed by atoms with Gasteiger partial charge in [0.1, 0.15) is 0 Å². The SMILES string of the molecule is CCNC(C)CCNCC1(C)CCOCC1. The van der Waals surface area contributed by atoms with E-state index in [9.17, 15) is 0 Å². The molecular weight excluding hydrogens is 200 g/mol. The smallest absolute Gasteiger partial charge is 0.0471 e. The van der Waals surface area contributed by atoms with Gasteiger partial charge >= 0.3 is 0 Å². The van der Waals surface area contributed by atoms with Crippen molar-refractivity contribution in [3.63, 3.8) is 0 Å². The van der Waals surface area contributed by atoms with Gasteiger partial charge in [0, 0.05) is 25.8 Å². The summed E-state index contributed by atoms with van der Waals surface area (Å²) in [4.78, 5) is 0. The first-order valence-electron chi connectivity index (χ1n) is 6.68. The number of ether oxygens (including phenoxy) is 1. The Morgan fingerprint density at radius 1 is 1.31 bits per heavy atom. The molecule has 1 rings (SSSR count). The van der Waals surface area contributed by atoms with Crippen LogP contribution in [-0.2, 0) is 4.74 Å². The normalized spacial score (nSPS) is 21.9. The average molecular weight is 228 g/mol. The molecular formula is C13H28N2O. The standard InChI is InChI=1S/C13H28N2O/c1-4-15-12(2)5-8-14-11-13(3)6-9-16-10-7-13/h12,14-15H,4-11H2,1-3H3. The van der Waals surface area contributed by atoms with Gasteiger partial charge in [0.05, 0.1) is 0 Å². The summed E-state index contributed by atoms with van der Waals surface area (Å²) < 4.78 is 5.40. The summed E-state index contributed by atoms with van der Waals surface area (Å²) in [6.45, 7) is 12.0. The predicted molar refractivity (Wildman–Crippen MR) is 68.8 cm³/mol. The van der Waals surface area contributed by atoms with Gasteiger partial charge < -0.3 is 15.4 Å². The van der Waals surface area contributed by atoms with Crippen LogP contribution in [0.1, 0.15) is 40.0 Å². The molecule has 1 unspecified atom stereocenters. The fourth-order valence-electron chi connectivity index (χ4n) is 2.20. The zero-order valence-electron chi connectivity index (χ0n) is 11.1. The summed E-state index contributed by atoms with van der Waals surface area (Å²) >= 11 is 0. The molecule has 0 amide bonds. The van der Waals surface area contributed by atoms with Crippen LogP contribution in [0.3, 0.4) is 0 Å². The van der Waals surface area contributed by atoms with E-state index in [1.807, 2.05) is 0 Å². The van der Waals surface area contributed by atoms with Gasteiger partial charge in [0.15, 0.2) is 0 Å². The Kier molecular flexibility index (Phi) is 6.32. The Hall–Kier alpha value is -0.120. The lowest BCUT2D eigenvalue weighted by Crippen LogP contribution is -2.38. The third kappa shape index (κ3) is 5.28. The Bertz CT molecular complexity index is 179. The predicted octanol–water partition coefficient (Wildman–Crippen LogP) is 1.78. The molecule has 96 valence electrons. The second-order valence-electron chi connectivity index (χ2n) is 5.35. The summed E-state index contributed by atoms with van der Waals surface area (Å²) in [6.07, 6.45) is 3.60. The van der Waals surface area contributed by atoms with E-state index in [1.54, 1.807) is 0 Å². The molecule has 0 radical (unpaired) electrons. The van der Waals surface area contributed by atoms with Crippen molar-refractivity contribution in [1.82, 2.24) is 10.6 Å². The van der Waals surface area contributed by atoms with E-state index in [4.69, 9.17) is 4.74 Å². The second-order valence-corrected chi connectivity index (χ2v) is 5.35. The van der Waals surface area contributed by atoms with E-state index in [-0.39, 0.29) is 0 Å². The van der Waals surface area contributed by atoms with Gasteiger partial charge in [-0.25, -0.2) is 0 Å². The molecule has 1 saturated heterocycles. The van der Waals surface area contributed by atoms with Crippen LogP contribution >= 0.6 is 0 Å². The van der Waals surface area contributed by atoms with Crippen molar-refractivity contribution >= 4 is 0 Å². The maximum Gasteiger partial charge on any atom is 0.0471 e. The van der Waals surface area contributed by atoms with Gasteiger partial charge in [-0.1, -0.05) is 13.8 Å². The van der Waals surface area contributed by atoms with Crippen molar-refractivity contribution in [3.8, 4) is 0 Å². The minimum absolute atomic E-state index is 0.458.